The summed E-state index contributed by atoms with van der Waals surface area (Å²) in [6, 6.07) is 10.3. The van der Waals surface area contributed by atoms with Gasteiger partial charge in [-0.15, -0.1) is 6.58 Å². The Kier molecular flexibility index (Phi) is 15.7. The first-order valence-corrected chi connectivity index (χ1v) is 4.39. The molecule has 5 N–H and O–H groups in total. The minimum Gasteiger partial charge on any atom is -0.330 e. The van der Waals surface area contributed by atoms with Crippen LogP contribution in [0.25, 0.3) is 0 Å². The second-order valence-corrected chi connectivity index (χ2v) is 2.52. The summed E-state index contributed by atoms with van der Waals surface area (Å²) in [7, 11) is 0. The first-order valence-electron chi connectivity index (χ1n) is 4.39. The lowest BCUT2D eigenvalue weighted by atomic mass is 10.2. The monoisotopic (exact) mass is 196 g/mol. The highest BCUT2D eigenvalue weighted by Gasteiger charge is 1.72. The van der Waals surface area contributed by atoms with Crippen molar-refractivity contribution in [3.8, 4) is 0 Å². The summed E-state index contributed by atoms with van der Waals surface area (Å²) in [4.78, 5) is 0. The van der Waals surface area contributed by atoms with Gasteiger partial charge in [0.2, 0.25) is 0 Å². The predicted molar refractivity (Wildman–Crippen MR) is 61.0 cm³/mol. The SMILES string of the molecule is C=CCCN.Cc1ccccc1.NO. The van der Waals surface area contributed by atoms with E-state index in [1.54, 1.807) is 6.08 Å². The molecule has 0 heterocycles. The Morgan fingerprint density at radius 1 is 1.29 bits per heavy atom. The molecule has 0 saturated carbocycles. The maximum absolute atomic E-state index is 6.50. The van der Waals surface area contributed by atoms with E-state index in [0.717, 1.165) is 13.0 Å². The van der Waals surface area contributed by atoms with E-state index in [9.17, 15) is 0 Å². The molecule has 3 nitrogen and oxygen atoms in total. The number of hydrogen-bond donors (Lipinski definition) is 3. The second kappa shape index (κ2) is 14.4. The van der Waals surface area contributed by atoms with E-state index in [1.165, 1.54) is 5.56 Å². The molecule has 0 aliphatic heterocycles. The van der Waals surface area contributed by atoms with Crippen LogP contribution in [0.1, 0.15) is 12.0 Å². The third-order valence-electron chi connectivity index (χ3n) is 1.31. The molecule has 80 valence electrons. The fraction of sp³-hybridized carbons (Fsp3) is 0.273. The normalized spacial score (nSPS) is 7.43. The van der Waals surface area contributed by atoms with Gasteiger partial charge in [0, 0.05) is 0 Å². The molecule has 0 bridgehead atoms. The molecule has 0 unspecified atom stereocenters. The Bertz CT molecular complexity index is 200. The van der Waals surface area contributed by atoms with E-state index in [0.29, 0.717) is 0 Å². The Morgan fingerprint density at radius 3 is 1.93 bits per heavy atom. The van der Waals surface area contributed by atoms with Gasteiger partial charge < -0.3 is 10.9 Å². The van der Waals surface area contributed by atoms with Crippen LogP contribution in [0.5, 0.6) is 0 Å². The van der Waals surface area contributed by atoms with Crippen LogP contribution in [0, 0.1) is 6.92 Å². The largest absolute Gasteiger partial charge is 0.330 e. The molecule has 0 radical (unpaired) electrons. The van der Waals surface area contributed by atoms with Crippen molar-refractivity contribution in [1.29, 1.82) is 0 Å². The Labute approximate surface area is 86.0 Å². The number of aryl methyl sites for hydroxylation is 1. The van der Waals surface area contributed by atoms with Crippen molar-refractivity contribution in [3.63, 3.8) is 0 Å². The Morgan fingerprint density at radius 2 is 1.79 bits per heavy atom. The van der Waals surface area contributed by atoms with Gasteiger partial charge in [-0.2, -0.15) is 0 Å². The summed E-state index contributed by atoms with van der Waals surface area (Å²) < 4.78 is 0. The fourth-order valence-electron chi connectivity index (χ4n) is 0.652. The van der Waals surface area contributed by atoms with Gasteiger partial charge in [-0.3, -0.25) is 0 Å². The number of rotatable bonds is 2. The molecule has 3 heteroatoms. The molecule has 0 aromatic heterocycles. The summed E-state index contributed by atoms with van der Waals surface area (Å²) in [5.74, 6) is 3.50. The Hall–Kier alpha value is -1.16. The average Bonchev–Trinajstić information content (AvgIpc) is 2.24. The quantitative estimate of drug-likeness (QED) is 0.499. The van der Waals surface area contributed by atoms with E-state index in [-0.39, 0.29) is 0 Å². The van der Waals surface area contributed by atoms with E-state index in [2.05, 4.69) is 31.5 Å². The zero-order valence-electron chi connectivity index (χ0n) is 8.69. The fourth-order valence-corrected chi connectivity index (χ4v) is 0.652. The lowest BCUT2D eigenvalue weighted by Gasteiger charge is -1.82. The van der Waals surface area contributed by atoms with E-state index >= 15 is 0 Å². The van der Waals surface area contributed by atoms with Gasteiger partial charge >= 0.3 is 0 Å². The molecular formula is C11H20N2O. The van der Waals surface area contributed by atoms with Crippen LogP contribution in [0.3, 0.4) is 0 Å². The van der Waals surface area contributed by atoms with Crippen LogP contribution in [-0.2, 0) is 0 Å². The predicted octanol–water partition coefficient (Wildman–Crippen LogP) is 1.85. The van der Waals surface area contributed by atoms with Crippen LogP contribution >= 0.6 is 0 Å². The van der Waals surface area contributed by atoms with Crippen molar-refractivity contribution < 1.29 is 5.21 Å². The molecule has 0 saturated heterocycles. The minimum atomic E-state index is 0.726. The molecule has 0 aliphatic rings. The molecule has 0 fully saturated rings. The van der Waals surface area contributed by atoms with Gasteiger partial charge in [0.25, 0.3) is 0 Å². The highest BCUT2D eigenvalue weighted by Crippen LogP contribution is 1.92. The number of benzene rings is 1. The zero-order valence-corrected chi connectivity index (χ0v) is 8.69. The summed E-state index contributed by atoms with van der Waals surface area (Å²) >= 11 is 0. The van der Waals surface area contributed by atoms with Crippen molar-refractivity contribution in [3.05, 3.63) is 48.6 Å². The smallest absolute Gasteiger partial charge is 0.00427 e. The highest BCUT2D eigenvalue weighted by molar-refractivity contribution is 5.11. The third-order valence-corrected chi connectivity index (χ3v) is 1.31. The molecule has 1 rings (SSSR count). The zero-order chi connectivity index (χ0) is 11.2. The van der Waals surface area contributed by atoms with Crippen molar-refractivity contribution in [2.24, 2.45) is 11.6 Å². The highest BCUT2D eigenvalue weighted by atomic mass is 16.4. The summed E-state index contributed by atoms with van der Waals surface area (Å²) in [6.45, 7) is 6.28. The van der Waals surface area contributed by atoms with Crippen LogP contribution < -0.4 is 11.6 Å². The molecule has 1 aromatic carbocycles. The maximum atomic E-state index is 6.50. The van der Waals surface area contributed by atoms with Crippen molar-refractivity contribution >= 4 is 0 Å². The van der Waals surface area contributed by atoms with Crippen LogP contribution in [0.2, 0.25) is 0 Å². The van der Waals surface area contributed by atoms with Gasteiger partial charge in [0.15, 0.2) is 0 Å². The standard InChI is InChI=1S/C7H8.C4H9N.H3NO/c1-7-5-3-2-4-6-7;1-2-3-4-5;1-2/h2-6H,1H3;2H,1,3-5H2;2H,1H2. The maximum Gasteiger partial charge on any atom is -0.00427 e. The number of hydrogen-bond acceptors (Lipinski definition) is 3. The summed E-state index contributed by atoms with van der Waals surface area (Å²) in [5.41, 5.74) is 6.39. The Balaban J connectivity index is 0. The van der Waals surface area contributed by atoms with E-state index in [4.69, 9.17) is 10.9 Å². The third kappa shape index (κ3) is 13.4. The van der Waals surface area contributed by atoms with Crippen molar-refractivity contribution in [1.82, 2.24) is 0 Å². The molecular weight excluding hydrogens is 176 g/mol. The van der Waals surface area contributed by atoms with Gasteiger partial charge in [-0.25, -0.2) is 5.90 Å². The topological polar surface area (TPSA) is 72.3 Å². The van der Waals surface area contributed by atoms with Gasteiger partial charge in [0.05, 0.1) is 0 Å². The first kappa shape index (κ1) is 15.3. The minimum absolute atomic E-state index is 0.726. The molecule has 14 heavy (non-hydrogen) atoms. The lowest BCUT2D eigenvalue weighted by Crippen LogP contribution is -1.94. The van der Waals surface area contributed by atoms with Crippen molar-refractivity contribution in [2.75, 3.05) is 6.54 Å². The average molecular weight is 196 g/mol. The van der Waals surface area contributed by atoms with Gasteiger partial charge in [-0.1, -0.05) is 42.0 Å². The summed E-state index contributed by atoms with van der Waals surface area (Å²) in [5, 5.41) is 6.50. The number of nitrogens with two attached hydrogens (primary N) is 2. The van der Waals surface area contributed by atoms with Crippen LogP contribution in [-0.4, -0.2) is 11.8 Å². The molecule has 0 spiro atoms. The van der Waals surface area contributed by atoms with Crippen LogP contribution in [0.4, 0.5) is 0 Å². The molecule has 0 amide bonds. The molecule has 0 atom stereocenters. The van der Waals surface area contributed by atoms with Crippen molar-refractivity contribution in [2.45, 2.75) is 13.3 Å². The first-order chi connectivity index (χ1) is 6.81. The molecule has 1 aromatic rings. The molecule has 0 aliphatic carbocycles. The van der Waals surface area contributed by atoms with Crippen LogP contribution in [0.15, 0.2) is 43.0 Å². The second-order valence-electron chi connectivity index (χ2n) is 2.52. The summed E-state index contributed by atoms with van der Waals surface area (Å²) in [6.07, 6.45) is 2.74. The van der Waals surface area contributed by atoms with Gasteiger partial charge in [0.1, 0.15) is 0 Å². The lowest BCUT2D eigenvalue weighted by molar-refractivity contribution is 0.311. The van der Waals surface area contributed by atoms with E-state index < -0.39 is 0 Å². The van der Waals surface area contributed by atoms with Gasteiger partial charge in [-0.05, 0) is 19.9 Å². The van der Waals surface area contributed by atoms with E-state index in [1.807, 2.05) is 18.2 Å².